The van der Waals surface area contributed by atoms with Crippen LogP contribution in [0.5, 0.6) is 0 Å². The molecule has 2 aliphatic rings. The van der Waals surface area contributed by atoms with Gasteiger partial charge in [0.25, 0.3) is 5.91 Å². The minimum absolute atomic E-state index is 0.0656. The average molecular weight is 340 g/mol. The largest absolute Gasteiger partial charge is 0.350 e. The van der Waals surface area contributed by atoms with Crippen molar-refractivity contribution < 1.29 is 4.79 Å². The minimum atomic E-state index is 0.0656. The predicted molar refractivity (Wildman–Crippen MR) is 83.0 cm³/mol. The van der Waals surface area contributed by atoms with Gasteiger partial charge < -0.3 is 14.8 Å². The summed E-state index contributed by atoms with van der Waals surface area (Å²) in [6, 6.07) is 2.46. The van der Waals surface area contributed by atoms with Crippen LogP contribution in [0.3, 0.4) is 0 Å². The van der Waals surface area contributed by atoms with Crippen molar-refractivity contribution in [2.75, 3.05) is 26.7 Å². The Morgan fingerprint density at radius 2 is 2.25 bits per heavy atom. The fourth-order valence-electron chi connectivity index (χ4n) is 3.05. The molecule has 0 bridgehead atoms. The molecule has 2 fully saturated rings. The molecule has 1 aliphatic carbocycles. The fraction of sp³-hybridized carbons (Fsp3) is 0.667. The molecule has 110 valence electrons. The molecule has 0 spiro atoms. The van der Waals surface area contributed by atoms with E-state index in [1.165, 1.54) is 32.2 Å². The van der Waals surface area contributed by atoms with Gasteiger partial charge in [-0.2, -0.15) is 0 Å². The number of halogens is 1. The van der Waals surface area contributed by atoms with Gasteiger partial charge in [0.15, 0.2) is 0 Å². The maximum Gasteiger partial charge on any atom is 0.267 e. The summed E-state index contributed by atoms with van der Waals surface area (Å²) in [5, 5.41) is 3.12. The summed E-state index contributed by atoms with van der Waals surface area (Å²) < 4.78 is 3.11. The van der Waals surface area contributed by atoms with E-state index in [0.717, 1.165) is 23.3 Å². The highest BCUT2D eigenvalue weighted by molar-refractivity contribution is 9.10. The van der Waals surface area contributed by atoms with E-state index in [0.29, 0.717) is 12.0 Å². The summed E-state index contributed by atoms with van der Waals surface area (Å²) in [6.07, 6.45) is 6.86. The molecule has 1 saturated carbocycles. The third-order valence-corrected chi connectivity index (χ3v) is 4.70. The van der Waals surface area contributed by atoms with Crippen molar-refractivity contribution in [2.24, 2.45) is 5.92 Å². The maximum absolute atomic E-state index is 12.4. The van der Waals surface area contributed by atoms with E-state index in [9.17, 15) is 4.79 Å². The third-order valence-electron chi connectivity index (χ3n) is 4.26. The Hall–Kier alpha value is -0.810. The van der Waals surface area contributed by atoms with E-state index >= 15 is 0 Å². The molecule has 1 aliphatic heterocycles. The van der Waals surface area contributed by atoms with Crippen LogP contribution in [0.1, 0.15) is 42.2 Å². The monoisotopic (exact) mass is 339 g/mol. The molecule has 1 amide bonds. The number of piperidine rings is 1. The normalized spacial score (nSPS) is 23.8. The van der Waals surface area contributed by atoms with Crippen LogP contribution in [0.25, 0.3) is 0 Å². The van der Waals surface area contributed by atoms with Crippen LogP contribution >= 0.6 is 15.9 Å². The summed E-state index contributed by atoms with van der Waals surface area (Å²) in [7, 11) is 2.16. The lowest BCUT2D eigenvalue weighted by Crippen LogP contribution is -2.39. The molecule has 1 aromatic heterocycles. The van der Waals surface area contributed by atoms with Crippen molar-refractivity contribution in [2.45, 2.75) is 31.7 Å². The van der Waals surface area contributed by atoms with Gasteiger partial charge in [0.05, 0.1) is 0 Å². The Morgan fingerprint density at radius 3 is 2.95 bits per heavy atom. The van der Waals surface area contributed by atoms with E-state index in [4.69, 9.17) is 0 Å². The zero-order valence-corrected chi connectivity index (χ0v) is 13.5. The van der Waals surface area contributed by atoms with E-state index in [2.05, 4.69) is 37.8 Å². The second-order valence-electron chi connectivity index (χ2n) is 6.16. The van der Waals surface area contributed by atoms with Gasteiger partial charge in [-0.3, -0.25) is 4.79 Å². The lowest BCUT2D eigenvalue weighted by atomic mass is 9.98. The molecule has 20 heavy (non-hydrogen) atoms. The van der Waals surface area contributed by atoms with Crippen molar-refractivity contribution in [1.82, 2.24) is 14.8 Å². The van der Waals surface area contributed by atoms with Gasteiger partial charge >= 0.3 is 0 Å². The topological polar surface area (TPSA) is 37.3 Å². The SMILES string of the molecule is CN1CCCC(CNC(=O)c2cc(Br)cn2C2CC2)C1. The molecule has 3 rings (SSSR count). The summed E-state index contributed by atoms with van der Waals surface area (Å²) >= 11 is 3.48. The molecule has 5 heteroatoms. The van der Waals surface area contributed by atoms with Gasteiger partial charge in [-0.05, 0) is 67.2 Å². The van der Waals surface area contributed by atoms with Crippen molar-refractivity contribution >= 4 is 21.8 Å². The summed E-state index contributed by atoms with van der Waals surface area (Å²) in [5.41, 5.74) is 0.795. The second-order valence-corrected chi connectivity index (χ2v) is 7.08. The molecular weight excluding hydrogens is 318 g/mol. The summed E-state index contributed by atoms with van der Waals surface area (Å²) in [4.78, 5) is 14.7. The zero-order valence-electron chi connectivity index (χ0n) is 11.9. The quantitative estimate of drug-likeness (QED) is 0.915. The zero-order chi connectivity index (χ0) is 14.1. The highest BCUT2D eigenvalue weighted by atomic mass is 79.9. The fourth-order valence-corrected chi connectivity index (χ4v) is 3.49. The Bertz CT molecular complexity index is 495. The lowest BCUT2D eigenvalue weighted by Gasteiger charge is -2.29. The van der Waals surface area contributed by atoms with Crippen molar-refractivity contribution in [1.29, 1.82) is 0 Å². The molecule has 1 unspecified atom stereocenters. The molecular formula is C15H22BrN3O. The standard InChI is InChI=1S/C15H22BrN3O/c1-18-6-2-3-11(9-18)8-17-15(20)14-7-12(16)10-19(14)13-4-5-13/h7,10-11,13H,2-6,8-9H2,1H3,(H,17,20). The molecule has 1 saturated heterocycles. The first-order valence-electron chi connectivity index (χ1n) is 7.47. The average Bonchev–Trinajstić information content (AvgIpc) is 3.19. The molecule has 2 heterocycles. The molecule has 0 radical (unpaired) electrons. The van der Waals surface area contributed by atoms with Gasteiger partial charge in [-0.15, -0.1) is 0 Å². The molecule has 4 nitrogen and oxygen atoms in total. The number of likely N-dealkylation sites (tertiary alicyclic amines) is 1. The first kappa shape index (κ1) is 14.1. The molecule has 1 atom stereocenters. The van der Waals surface area contributed by atoms with Crippen LogP contribution in [0.15, 0.2) is 16.7 Å². The Morgan fingerprint density at radius 1 is 1.45 bits per heavy atom. The Kier molecular flexibility index (Phi) is 4.17. The first-order valence-corrected chi connectivity index (χ1v) is 8.27. The number of hydrogen-bond donors (Lipinski definition) is 1. The Labute approximate surface area is 128 Å². The van der Waals surface area contributed by atoms with Crippen molar-refractivity contribution in [3.8, 4) is 0 Å². The van der Waals surface area contributed by atoms with E-state index in [1.807, 2.05) is 12.3 Å². The van der Waals surface area contributed by atoms with Gasteiger partial charge in [0.2, 0.25) is 0 Å². The van der Waals surface area contributed by atoms with Crippen LogP contribution in [-0.4, -0.2) is 42.1 Å². The number of rotatable bonds is 4. The van der Waals surface area contributed by atoms with Crippen LogP contribution in [0, 0.1) is 5.92 Å². The minimum Gasteiger partial charge on any atom is -0.350 e. The molecule has 1 N–H and O–H groups in total. The van der Waals surface area contributed by atoms with Crippen molar-refractivity contribution in [3.05, 3.63) is 22.4 Å². The van der Waals surface area contributed by atoms with Crippen LogP contribution < -0.4 is 5.32 Å². The number of nitrogens with one attached hydrogen (secondary N) is 1. The number of hydrogen-bond acceptors (Lipinski definition) is 2. The number of amides is 1. The lowest BCUT2D eigenvalue weighted by molar-refractivity contribution is 0.0927. The van der Waals surface area contributed by atoms with E-state index < -0.39 is 0 Å². The van der Waals surface area contributed by atoms with Gasteiger partial charge in [-0.25, -0.2) is 0 Å². The van der Waals surface area contributed by atoms with Crippen LogP contribution in [-0.2, 0) is 0 Å². The van der Waals surface area contributed by atoms with Crippen LogP contribution in [0.4, 0.5) is 0 Å². The Balaban J connectivity index is 1.59. The number of nitrogens with zero attached hydrogens (tertiary/aromatic N) is 2. The number of carbonyl (C=O) groups excluding carboxylic acids is 1. The smallest absolute Gasteiger partial charge is 0.267 e. The predicted octanol–water partition coefficient (Wildman–Crippen LogP) is 2.66. The van der Waals surface area contributed by atoms with Crippen LogP contribution in [0.2, 0.25) is 0 Å². The van der Waals surface area contributed by atoms with Crippen molar-refractivity contribution in [3.63, 3.8) is 0 Å². The highest BCUT2D eigenvalue weighted by Gasteiger charge is 2.28. The number of carbonyl (C=O) groups is 1. The second kappa shape index (κ2) is 5.90. The van der Waals surface area contributed by atoms with Gasteiger partial charge in [0.1, 0.15) is 5.69 Å². The highest BCUT2D eigenvalue weighted by Crippen LogP contribution is 2.37. The molecule has 0 aromatic carbocycles. The summed E-state index contributed by atoms with van der Waals surface area (Å²) in [6.45, 7) is 3.06. The van der Waals surface area contributed by atoms with E-state index in [-0.39, 0.29) is 5.91 Å². The van der Waals surface area contributed by atoms with Gasteiger partial charge in [0, 0.05) is 29.8 Å². The number of aromatic nitrogens is 1. The summed E-state index contributed by atoms with van der Waals surface area (Å²) in [5.74, 6) is 0.654. The maximum atomic E-state index is 12.4. The van der Waals surface area contributed by atoms with Gasteiger partial charge in [-0.1, -0.05) is 0 Å². The van der Waals surface area contributed by atoms with E-state index in [1.54, 1.807) is 0 Å². The first-order chi connectivity index (χ1) is 9.63. The third kappa shape index (κ3) is 3.26. The molecule has 1 aromatic rings.